The fourth-order valence-corrected chi connectivity index (χ4v) is 8.65. The molecule has 4 aromatic heterocycles. The Bertz CT molecular complexity index is 2990. The Morgan fingerprint density at radius 3 is 1.54 bits per heavy atom. The molecule has 0 bridgehead atoms. The number of aryl methyl sites for hydroxylation is 4. The van der Waals surface area contributed by atoms with Crippen molar-refractivity contribution in [3.05, 3.63) is 143 Å². The van der Waals surface area contributed by atoms with E-state index in [9.17, 15) is 40.0 Å². The van der Waals surface area contributed by atoms with Gasteiger partial charge in [-0.15, -0.1) is 0 Å². The summed E-state index contributed by atoms with van der Waals surface area (Å²) in [6.45, 7) is 12.9. The first-order valence-corrected chi connectivity index (χ1v) is 23.0. The quantitative estimate of drug-likeness (QED) is 0.0945. The van der Waals surface area contributed by atoms with E-state index in [-0.39, 0.29) is 31.2 Å². The molecule has 0 aliphatic carbocycles. The summed E-state index contributed by atoms with van der Waals surface area (Å²) in [5.74, 6) is -3.52. The van der Waals surface area contributed by atoms with Crippen LogP contribution in [0.15, 0.2) is 117 Å². The van der Waals surface area contributed by atoms with E-state index < -0.39 is 60.9 Å². The lowest BCUT2D eigenvalue weighted by Gasteiger charge is -2.28. The molecule has 0 aliphatic heterocycles. The lowest BCUT2D eigenvalue weighted by molar-refractivity contribution is -0.134. The number of carbonyl (C=O) groups is 3. The van der Waals surface area contributed by atoms with Crippen molar-refractivity contribution >= 4 is 37.7 Å². The molecule has 6 rings (SSSR count). The average Bonchev–Trinajstić information content (AvgIpc) is 3.90. The number of amides is 1. The summed E-state index contributed by atoms with van der Waals surface area (Å²) in [5.41, 5.74) is 3.48. The molecule has 0 aliphatic rings. The normalized spacial score (nSPS) is 12.0. The van der Waals surface area contributed by atoms with Gasteiger partial charge in [0.15, 0.2) is 16.2 Å². The van der Waals surface area contributed by atoms with Crippen LogP contribution in [0.3, 0.4) is 0 Å². The van der Waals surface area contributed by atoms with Gasteiger partial charge in [0.2, 0.25) is 19.7 Å². The Kier molecular flexibility index (Phi) is 17.1. The number of halogens is 2. The van der Waals surface area contributed by atoms with Crippen molar-refractivity contribution in [2.75, 3.05) is 14.1 Å². The highest BCUT2D eigenvalue weighted by Crippen LogP contribution is 2.38. The molecule has 1 atom stereocenters. The van der Waals surface area contributed by atoms with Crippen molar-refractivity contribution in [1.82, 2.24) is 40.2 Å². The second-order valence-electron chi connectivity index (χ2n) is 15.8. The second-order valence-corrected chi connectivity index (χ2v) is 19.6. The van der Waals surface area contributed by atoms with E-state index >= 15 is 0 Å². The van der Waals surface area contributed by atoms with Gasteiger partial charge in [0.05, 0.1) is 26.9 Å². The van der Waals surface area contributed by atoms with Crippen LogP contribution in [0.5, 0.6) is 0 Å². The van der Waals surface area contributed by atoms with E-state index in [4.69, 9.17) is 14.9 Å². The summed E-state index contributed by atoms with van der Waals surface area (Å²) in [6.07, 6.45) is 2.14. The maximum Gasteiger partial charge on any atom is 0.407 e. The smallest absolute Gasteiger partial charge is 0.407 e. The van der Waals surface area contributed by atoms with E-state index in [2.05, 4.69) is 30.8 Å². The van der Waals surface area contributed by atoms with Crippen LogP contribution in [0.1, 0.15) is 60.8 Å². The minimum Gasteiger partial charge on any atom is -0.478 e. The highest BCUT2D eigenvalue weighted by Gasteiger charge is 2.36. The Morgan fingerprint density at radius 2 is 1.15 bits per heavy atom. The topological polar surface area (TPSA) is 255 Å². The standard InChI is InChI=1S/C23H27FN4O4S.C18H19FN4O2S.C4H4O4/c1-14-7-9-16(24)11-19(14)28-20(33(30,31)17-10-8-15(2)26-13-17)12-18(27-28)21(23(3,4)5)32-22(29)25-6;1-12-4-6-14(19)8-17(12)23-18(9-15(22-23)10-20-3)26(24,25)16-7-5-13(2)21-11-16;5-3(6)1-2-4(7)8/h7-13,21H,1-6H3,(H,25,29);4-9,11,20H,10H2,1-3H3;1-2H,(H,5,6)(H,7,8). The first-order chi connectivity index (χ1) is 31.3. The molecule has 4 N–H and O–H groups in total. The third-order valence-corrected chi connectivity index (χ3v) is 12.8. The van der Waals surface area contributed by atoms with E-state index in [0.717, 1.165) is 0 Å². The molecular weight excluding hydrogens is 915 g/mol. The minimum absolute atomic E-state index is 0.0258. The third-order valence-electron chi connectivity index (χ3n) is 9.37. The number of sulfone groups is 2. The van der Waals surface area contributed by atoms with Gasteiger partial charge in [-0.05, 0) is 94.4 Å². The number of hydrogen-bond donors (Lipinski definition) is 4. The number of aliphatic carboxylic acids is 2. The Labute approximate surface area is 386 Å². The van der Waals surface area contributed by atoms with Crippen LogP contribution in [-0.4, -0.2) is 88.7 Å². The van der Waals surface area contributed by atoms with Crippen LogP contribution in [0.25, 0.3) is 11.4 Å². The van der Waals surface area contributed by atoms with E-state index in [1.54, 1.807) is 52.9 Å². The summed E-state index contributed by atoms with van der Waals surface area (Å²) in [4.78, 5) is 39.3. The van der Waals surface area contributed by atoms with Crippen LogP contribution in [-0.2, 0) is 40.5 Å². The lowest BCUT2D eigenvalue weighted by Crippen LogP contribution is -2.29. The number of benzene rings is 2. The van der Waals surface area contributed by atoms with Gasteiger partial charge in [0.1, 0.15) is 17.3 Å². The van der Waals surface area contributed by atoms with E-state index in [0.29, 0.717) is 52.6 Å². The molecular formula is C45H50F2N8O10S2. The molecule has 1 unspecified atom stereocenters. The van der Waals surface area contributed by atoms with Gasteiger partial charge in [-0.2, -0.15) is 10.2 Å². The number of nitrogens with zero attached hydrogens (tertiary/aromatic N) is 6. The first kappa shape index (κ1) is 52.5. The number of hydrogen-bond acceptors (Lipinski definition) is 13. The second kappa shape index (κ2) is 21.9. The zero-order valence-electron chi connectivity index (χ0n) is 37.9. The van der Waals surface area contributed by atoms with Gasteiger partial charge in [0, 0.05) is 67.1 Å². The fourth-order valence-electron chi connectivity index (χ4n) is 5.99. The maximum absolute atomic E-state index is 14.1. The van der Waals surface area contributed by atoms with Crippen LogP contribution < -0.4 is 10.6 Å². The van der Waals surface area contributed by atoms with Crippen LogP contribution in [0, 0.1) is 44.7 Å². The molecule has 22 heteroatoms. The monoisotopic (exact) mass is 964 g/mol. The Balaban J connectivity index is 0.000000256. The number of carboxylic acids is 2. The first-order valence-electron chi connectivity index (χ1n) is 20.0. The number of rotatable bonds is 12. The number of carbonyl (C=O) groups excluding carboxylic acids is 1. The maximum atomic E-state index is 14.1. The predicted molar refractivity (Wildman–Crippen MR) is 240 cm³/mol. The highest BCUT2D eigenvalue weighted by atomic mass is 32.2. The number of ether oxygens (including phenoxy) is 1. The van der Waals surface area contributed by atoms with Crippen molar-refractivity contribution in [3.8, 4) is 11.4 Å². The number of carboxylic acid groups (broad SMARTS) is 2. The van der Waals surface area contributed by atoms with Gasteiger partial charge in [-0.25, -0.2) is 49.4 Å². The minimum atomic E-state index is -4.10. The molecule has 6 aromatic rings. The molecule has 0 fully saturated rings. The van der Waals surface area contributed by atoms with E-state index in [1.165, 1.54) is 83.4 Å². The summed E-state index contributed by atoms with van der Waals surface area (Å²) < 4.78 is 89.3. The third kappa shape index (κ3) is 13.5. The molecule has 2 aromatic carbocycles. The van der Waals surface area contributed by atoms with Crippen LogP contribution in [0.4, 0.5) is 13.6 Å². The Hall–Kier alpha value is -7.17. The van der Waals surface area contributed by atoms with Crippen molar-refractivity contribution in [3.63, 3.8) is 0 Å². The zero-order valence-corrected chi connectivity index (χ0v) is 39.6. The molecule has 67 heavy (non-hydrogen) atoms. The number of nitrogens with one attached hydrogen (secondary N) is 2. The van der Waals surface area contributed by atoms with Gasteiger partial charge in [-0.3, -0.25) is 9.97 Å². The molecule has 356 valence electrons. The molecule has 0 spiro atoms. The fraction of sp³-hybridized carbons (Fsp3) is 0.267. The summed E-state index contributed by atoms with van der Waals surface area (Å²) in [6, 6.07) is 17.3. The van der Waals surface area contributed by atoms with Crippen LogP contribution >= 0.6 is 0 Å². The predicted octanol–water partition coefficient (Wildman–Crippen LogP) is 6.59. The number of alkyl carbamates (subject to hydrolysis) is 1. The Morgan fingerprint density at radius 1 is 0.701 bits per heavy atom. The average molecular weight is 965 g/mol. The summed E-state index contributed by atoms with van der Waals surface area (Å²) in [7, 11) is -4.80. The molecule has 0 saturated carbocycles. The zero-order chi connectivity index (χ0) is 50.0. The largest absolute Gasteiger partial charge is 0.478 e. The van der Waals surface area contributed by atoms with Crippen LogP contribution in [0.2, 0.25) is 0 Å². The highest BCUT2D eigenvalue weighted by molar-refractivity contribution is 7.91. The van der Waals surface area contributed by atoms with Crippen molar-refractivity contribution in [1.29, 1.82) is 0 Å². The number of aromatic nitrogens is 6. The summed E-state index contributed by atoms with van der Waals surface area (Å²) >= 11 is 0. The molecule has 18 nitrogen and oxygen atoms in total. The van der Waals surface area contributed by atoms with Crippen molar-refractivity contribution < 1.29 is 54.9 Å². The van der Waals surface area contributed by atoms with Gasteiger partial charge >= 0.3 is 18.0 Å². The van der Waals surface area contributed by atoms with Gasteiger partial charge < -0.3 is 25.6 Å². The molecule has 0 radical (unpaired) electrons. The van der Waals surface area contributed by atoms with E-state index in [1.807, 2.05) is 20.8 Å². The van der Waals surface area contributed by atoms with Gasteiger partial charge in [-0.1, -0.05) is 32.9 Å². The lowest BCUT2D eigenvalue weighted by atomic mass is 9.87. The van der Waals surface area contributed by atoms with Crippen molar-refractivity contribution in [2.45, 2.75) is 81.0 Å². The van der Waals surface area contributed by atoms with Gasteiger partial charge in [0.25, 0.3) is 0 Å². The molecule has 0 saturated heterocycles. The molecule has 4 heterocycles. The number of pyridine rings is 2. The van der Waals surface area contributed by atoms with Crippen molar-refractivity contribution in [2.24, 2.45) is 5.41 Å². The molecule has 1 amide bonds. The summed E-state index contributed by atoms with van der Waals surface area (Å²) in [5, 5.41) is 29.6. The SMILES string of the molecule is CNC(=O)OC(c1cc(S(=O)(=O)c2ccc(C)nc2)n(-c2cc(F)ccc2C)n1)C(C)(C)C.CNCc1cc(S(=O)(=O)c2ccc(C)nc2)n(-c2cc(F)ccc2C)n1.O=C(O)C=CC(=O)O.